The van der Waals surface area contributed by atoms with E-state index in [4.69, 9.17) is 14.2 Å². The van der Waals surface area contributed by atoms with E-state index in [1.54, 1.807) is 63.4 Å². The highest BCUT2D eigenvalue weighted by Crippen LogP contribution is 2.31. The van der Waals surface area contributed by atoms with Crippen LogP contribution in [-0.2, 0) is 9.53 Å². The minimum atomic E-state index is -0.632. The molecule has 0 spiro atoms. The molecule has 0 aliphatic carbocycles. The normalized spacial score (nSPS) is 16.1. The molecule has 3 rings (SSSR count). The van der Waals surface area contributed by atoms with Crippen molar-refractivity contribution in [2.24, 2.45) is 0 Å². The first-order valence-electron chi connectivity index (χ1n) is 8.89. The SMILES string of the molecule is CCOC(=O)C1=C(C)NC(=O)NC1c1cccc(Oc2ccc(OC)cc2)c1. The predicted octanol–water partition coefficient (Wildman–Crippen LogP) is 3.68. The van der Waals surface area contributed by atoms with Crippen molar-refractivity contribution in [3.05, 3.63) is 65.4 Å². The molecule has 2 amide bonds. The van der Waals surface area contributed by atoms with Gasteiger partial charge in [-0.25, -0.2) is 9.59 Å². The van der Waals surface area contributed by atoms with E-state index in [9.17, 15) is 9.59 Å². The number of nitrogens with one attached hydrogen (secondary N) is 2. The van der Waals surface area contributed by atoms with Gasteiger partial charge >= 0.3 is 12.0 Å². The Labute approximate surface area is 163 Å². The summed E-state index contributed by atoms with van der Waals surface area (Å²) < 4.78 is 16.2. The third kappa shape index (κ3) is 4.25. The number of urea groups is 1. The topological polar surface area (TPSA) is 85.9 Å². The summed E-state index contributed by atoms with van der Waals surface area (Å²) in [5.74, 6) is 1.48. The number of ether oxygens (including phenoxy) is 3. The van der Waals surface area contributed by atoms with E-state index in [0.717, 1.165) is 5.75 Å². The first-order valence-corrected chi connectivity index (χ1v) is 8.89. The smallest absolute Gasteiger partial charge is 0.338 e. The zero-order valence-corrected chi connectivity index (χ0v) is 15.9. The number of methoxy groups -OCH3 is 1. The summed E-state index contributed by atoms with van der Waals surface area (Å²) in [6.07, 6.45) is 0. The monoisotopic (exact) mass is 382 g/mol. The second-order valence-electron chi connectivity index (χ2n) is 6.14. The second kappa shape index (κ2) is 8.47. The van der Waals surface area contributed by atoms with Crippen molar-refractivity contribution in [3.63, 3.8) is 0 Å². The first-order chi connectivity index (χ1) is 13.5. The van der Waals surface area contributed by atoms with Crippen LogP contribution in [0.2, 0.25) is 0 Å². The molecule has 7 nitrogen and oxygen atoms in total. The van der Waals surface area contributed by atoms with Crippen molar-refractivity contribution in [1.29, 1.82) is 0 Å². The molecule has 1 aliphatic rings. The predicted molar refractivity (Wildman–Crippen MR) is 103 cm³/mol. The lowest BCUT2D eigenvalue weighted by molar-refractivity contribution is -0.139. The third-order valence-corrected chi connectivity index (χ3v) is 4.25. The Morgan fingerprint density at radius 1 is 1.07 bits per heavy atom. The van der Waals surface area contributed by atoms with Gasteiger partial charge in [-0.3, -0.25) is 0 Å². The van der Waals surface area contributed by atoms with Gasteiger partial charge in [0.05, 0.1) is 25.3 Å². The summed E-state index contributed by atoms with van der Waals surface area (Å²) in [6.45, 7) is 3.66. The van der Waals surface area contributed by atoms with Gasteiger partial charge in [0.1, 0.15) is 17.2 Å². The molecule has 1 atom stereocenters. The van der Waals surface area contributed by atoms with Crippen molar-refractivity contribution in [1.82, 2.24) is 10.6 Å². The second-order valence-corrected chi connectivity index (χ2v) is 6.14. The van der Waals surface area contributed by atoms with Crippen LogP contribution in [0.25, 0.3) is 0 Å². The zero-order chi connectivity index (χ0) is 20.1. The number of hydrogen-bond donors (Lipinski definition) is 2. The van der Waals surface area contributed by atoms with Gasteiger partial charge in [0, 0.05) is 5.70 Å². The molecule has 2 aromatic rings. The van der Waals surface area contributed by atoms with E-state index in [1.807, 2.05) is 6.07 Å². The molecule has 0 radical (unpaired) electrons. The Hall–Kier alpha value is -3.48. The van der Waals surface area contributed by atoms with Crippen molar-refractivity contribution >= 4 is 12.0 Å². The molecular formula is C21H22N2O5. The van der Waals surface area contributed by atoms with Gasteiger partial charge in [-0.05, 0) is 55.8 Å². The minimum Gasteiger partial charge on any atom is -0.497 e. The molecule has 1 heterocycles. The summed E-state index contributed by atoms with van der Waals surface area (Å²) in [6, 6.07) is 13.4. The van der Waals surface area contributed by atoms with Gasteiger partial charge in [0.15, 0.2) is 0 Å². The van der Waals surface area contributed by atoms with Crippen LogP contribution in [0.1, 0.15) is 25.5 Å². The van der Waals surface area contributed by atoms with Gasteiger partial charge in [0.25, 0.3) is 0 Å². The number of rotatable bonds is 6. The molecule has 7 heteroatoms. The maximum Gasteiger partial charge on any atom is 0.338 e. The number of amides is 2. The highest BCUT2D eigenvalue weighted by Gasteiger charge is 2.32. The fourth-order valence-corrected chi connectivity index (χ4v) is 2.96. The molecule has 0 aromatic heterocycles. The van der Waals surface area contributed by atoms with Crippen LogP contribution in [0.3, 0.4) is 0 Å². The van der Waals surface area contributed by atoms with E-state index < -0.39 is 12.0 Å². The lowest BCUT2D eigenvalue weighted by Gasteiger charge is -2.28. The van der Waals surface area contributed by atoms with Gasteiger partial charge in [-0.2, -0.15) is 0 Å². The lowest BCUT2D eigenvalue weighted by Crippen LogP contribution is -2.45. The van der Waals surface area contributed by atoms with Crippen LogP contribution in [0.4, 0.5) is 4.79 Å². The molecule has 0 fully saturated rings. The van der Waals surface area contributed by atoms with Crippen LogP contribution >= 0.6 is 0 Å². The Bertz CT molecular complexity index is 905. The maximum atomic E-state index is 12.4. The zero-order valence-electron chi connectivity index (χ0n) is 15.9. The van der Waals surface area contributed by atoms with Crippen molar-refractivity contribution < 1.29 is 23.8 Å². The molecule has 0 saturated carbocycles. The molecule has 0 bridgehead atoms. The van der Waals surface area contributed by atoms with Crippen LogP contribution in [0, 0.1) is 0 Å². The molecule has 146 valence electrons. The van der Waals surface area contributed by atoms with Crippen LogP contribution < -0.4 is 20.1 Å². The third-order valence-electron chi connectivity index (χ3n) is 4.25. The fraction of sp³-hybridized carbons (Fsp3) is 0.238. The standard InChI is InChI=1S/C21H22N2O5/c1-4-27-20(24)18-13(2)22-21(25)23-19(18)14-6-5-7-17(12-14)28-16-10-8-15(26-3)9-11-16/h5-12,19H,4H2,1-3H3,(H2,22,23,25). The maximum absolute atomic E-state index is 12.4. The Balaban J connectivity index is 1.89. The Morgan fingerprint density at radius 3 is 2.46 bits per heavy atom. The van der Waals surface area contributed by atoms with Crippen LogP contribution in [0.5, 0.6) is 17.2 Å². The number of carbonyl (C=O) groups excluding carboxylic acids is 2. The van der Waals surface area contributed by atoms with Gasteiger partial charge in [-0.1, -0.05) is 12.1 Å². The Morgan fingerprint density at radius 2 is 1.79 bits per heavy atom. The quantitative estimate of drug-likeness (QED) is 0.745. The largest absolute Gasteiger partial charge is 0.497 e. The number of benzene rings is 2. The number of allylic oxidation sites excluding steroid dienone is 1. The summed E-state index contributed by atoms with van der Waals surface area (Å²) in [5, 5.41) is 5.40. The number of carbonyl (C=O) groups is 2. The number of esters is 1. The molecule has 0 saturated heterocycles. The van der Waals surface area contributed by atoms with Crippen LogP contribution in [-0.4, -0.2) is 25.7 Å². The molecule has 28 heavy (non-hydrogen) atoms. The van der Waals surface area contributed by atoms with E-state index >= 15 is 0 Å². The number of hydrogen-bond acceptors (Lipinski definition) is 5. The molecule has 2 N–H and O–H groups in total. The van der Waals surface area contributed by atoms with Crippen molar-refractivity contribution in [2.45, 2.75) is 19.9 Å². The average molecular weight is 382 g/mol. The summed E-state index contributed by atoms with van der Waals surface area (Å²) in [5.41, 5.74) is 1.54. The molecule has 1 unspecified atom stereocenters. The Kier molecular flexibility index (Phi) is 5.84. The first kappa shape index (κ1) is 19.3. The molecular weight excluding hydrogens is 360 g/mol. The van der Waals surface area contributed by atoms with Crippen molar-refractivity contribution in [2.75, 3.05) is 13.7 Å². The van der Waals surface area contributed by atoms with Crippen LogP contribution in [0.15, 0.2) is 59.8 Å². The van der Waals surface area contributed by atoms with E-state index in [2.05, 4.69) is 10.6 Å². The fourth-order valence-electron chi connectivity index (χ4n) is 2.96. The van der Waals surface area contributed by atoms with E-state index in [1.165, 1.54) is 0 Å². The van der Waals surface area contributed by atoms with E-state index in [0.29, 0.717) is 28.3 Å². The lowest BCUT2D eigenvalue weighted by atomic mass is 9.95. The summed E-state index contributed by atoms with van der Waals surface area (Å²) in [4.78, 5) is 24.4. The van der Waals surface area contributed by atoms with E-state index in [-0.39, 0.29) is 12.6 Å². The van der Waals surface area contributed by atoms with Gasteiger partial charge < -0.3 is 24.8 Å². The highest BCUT2D eigenvalue weighted by atomic mass is 16.5. The average Bonchev–Trinajstić information content (AvgIpc) is 2.68. The summed E-state index contributed by atoms with van der Waals surface area (Å²) >= 11 is 0. The highest BCUT2D eigenvalue weighted by molar-refractivity contribution is 5.95. The van der Waals surface area contributed by atoms with Crippen molar-refractivity contribution in [3.8, 4) is 17.2 Å². The van der Waals surface area contributed by atoms with Gasteiger partial charge in [0.2, 0.25) is 0 Å². The minimum absolute atomic E-state index is 0.247. The molecule has 1 aliphatic heterocycles. The summed E-state index contributed by atoms with van der Waals surface area (Å²) in [7, 11) is 1.60. The van der Waals surface area contributed by atoms with Gasteiger partial charge in [-0.15, -0.1) is 0 Å². The molecule has 2 aromatic carbocycles.